The molecule has 5 N–H and O–H groups in total. The summed E-state index contributed by atoms with van der Waals surface area (Å²) in [6.45, 7) is 3.77. The van der Waals surface area contributed by atoms with E-state index in [0.717, 1.165) is 13.0 Å². The molecule has 0 spiro atoms. The van der Waals surface area contributed by atoms with Gasteiger partial charge in [0.1, 0.15) is 5.69 Å². The number of fused-ring (bicyclic) bond motifs is 1. The largest absolute Gasteiger partial charge is 0.423 e. The Kier molecular flexibility index (Phi) is 6.32. The number of nitrogens with zero attached hydrogens (tertiary/aromatic N) is 3. The molecule has 2 heterocycles. The van der Waals surface area contributed by atoms with Crippen molar-refractivity contribution < 1.29 is 27.9 Å². The van der Waals surface area contributed by atoms with Crippen molar-refractivity contribution in [1.29, 1.82) is 0 Å². The molecule has 0 saturated heterocycles. The Morgan fingerprint density at radius 3 is 2.55 bits per heavy atom. The van der Waals surface area contributed by atoms with Gasteiger partial charge in [0.05, 0.1) is 18.4 Å². The first kappa shape index (κ1) is 24.0. The van der Waals surface area contributed by atoms with E-state index in [4.69, 9.17) is 5.73 Å². The molecule has 9 nitrogen and oxygen atoms in total. The molecule has 0 aliphatic carbocycles. The van der Waals surface area contributed by atoms with Crippen LogP contribution in [0.5, 0.6) is 0 Å². The summed E-state index contributed by atoms with van der Waals surface area (Å²) in [6.07, 6.45) is -2.29. The summed E-state index contributed by atoms with van der Waals surface area (Å²) in [4.78, 5) is 31.7. The maximum atomic E-state index is 13.8. The summed E-state index contributed by atoms with van der Waals surface area (Å²) in [5.74, 6) is -1.22. The highest BCUT2D eigenvalue weighted by Crippen LogP contribution is 2.40. The molecular weight excluding hydrogens is 441 g/mol. The second kappa shape index (κ2) is 8.70. The Morgan fingerprint density at radius 2 is 1.94 bits per heavy atom. The van der Waals surface area contributed by atoms with Gasteiger partial charge in [0.15, 0.2) is 11.5 Å². The first-order valence-corrected chi connectivity index (χ1v) is 9.96. The number of nitrogens with one attached hydrogen (secondary N) is 2. The van der Waals surface area contributed by atoms with Gasteiger partial charge in [0.25, 0.3) is 5.91 Å². The first-order valence-electron chi connectivity index (χ1n) is 9.96. The zero-order valence-electron chi connectivity index (χ0n) is 18.1. The Labute approximate surface area is 186 Å². The van der Waals surface area contributed by atoms with Gasteiger partial charge < -0.3 is 21.5 Å². The molecular formula is C21H23F3N6O3. The van der Waals surface area contributed by atoms with Gasteiger partial charge in [0, 0.05) is 25.2 Å². The summed E-state index contributed by atoms with van der Waals surface area (Å²) >= 11 is 0. The van der Waals surface area contributed by atoms with Gasteiger partial charge in [-0.05, 0) is 31.0 Å². The maximum absolute atomic E-state index is 13.8. The zero-order chi connectivity index (χ0) is 24.6. The molecule has 0 bridgehead atoms. The number of aryl methyl sites for hydroxylation is 1. The molecule has 2 amide bonds. The van der Waals surface area contributed by atoms with Gasteiger partial charge in [-0.1, -0.05) is 12.1 Å². The van der Waals surface area contributed by atoms with Gasteiger partial charge in [-0.25, -0.2) is 9.97 Å². The van der Waals surface area contributed by atoms with Crippen LogP contribution in [0, 0.1) is 6.92 Å². The second-order valence-corrected chi connectivity index (χ2v) is 7.51. The van der Waals surface area contributed by atoms with Gasteiger partial charge in [0.2, 0.25) is 11.5 Å². The number of imidazole rings is 1. The topological polar surface area (TPSA) is 135 Å². The highest BCUT2D eigenvalue weighted by atomic mass is 19.4. The van der Waals surface area contributed by atoms with Crippen LogP contribution in [0.4, 0.5) is 19.0 Å². The van der Waals surface area contributed by atoms with E-state index < -0.39 is 35.7 Å². The number of aromatic nitrogens is 3. The number of carbonyl (C=O) groups is 2. The third kappa shape index (κ3) is 4.46. The van der Waals surface area contributed by atoms with E-state index in [2.05, 4.69) is 15.3 Å². The fraction of sp³-hybridized carbons (Fsp3) is 0.333. The van der Waals surface area contributed by atoms with Gasteiger partial charge >= 0.3 is 6.18 Å². The average Bonchev–Trinajstić information content (AvgIpc) is 3.16. The van der Waals surface area contributed by atoms with Crippen molar-refractivity contribution in [3.05, 3.63) is 47.4 Å². The van der Waals surface area contributed by atoms with E-state index in [1.165, 1.54) is 28.9 Å². The van der Waals surface area contributed by atoms with Crippen molar-refractivity contribution in [2.75, 3.05) is 18.8 Å². The maximum Gasteiger partial charge on any atom is 0.423 e. The van der Waals surface area contributed by atoms with Crippen LogP contribution >= 0.6 is 0 Å². The predicted octanol–water partition coefficient (Wildman–Crippen LogP) is 1.92. The lowest BCUT2D eigenvalue weighted by Gasteiger charge is -2.31. The molecule has 1 aromatic carbocycles. The zero-order valence-corrected chi connectivity index (χ0v) is 18.1. The van der Waals surface area contributed by atoms with Crippen molar-refractivity contribution in [1.82, 2.24) is 25.0 Å². The monoisotopic (exact) mass is 464 g/mol. The minimum atomic E-state index is -5.07. The Hall–Kier alpha value is -3.67. The van der Waals surface area contributed by atoms with Crippen LogP contribution in [-0.4, -0.2) is 50.6 Å². The fourth-order valence-corrected chi connectivity index (χ4v) is 3.35. The Morgan fingerprint density at radius 1 is 1.24 bits per heavy atom. The van der Waals surface area contributed by atoms with Crippen molar-refractivity contribution in [2.45, 2.75) is 32.5 Å². The summed E-state index contributed by atoms with van der Waals surface area (Å²) in [7, 11) is 0. The molecule has 0 aliphatic heterocycles. The van der Waals surface area contributed by atoms with Gasteiger partial charge in [-0.3, -0.25) is 14.0 Å². The van der Waals surface area contributed by atoms with Crippen molar-refractivity contribution in [3.8, 4) is 11.3 Å². The lowest BCUT2D eigenvalue weighted by molar-refractivity contribution is -0.264. The van der Waals surface area contributed by atoms with Crippen LogP contribution in [-0.2, 0) is 10.4 Å². The van der Waals surface area contributed by atoms with Crippen molar-refractivity contribution in [3.63, 3.8) is 0 Å². The number of amides is 2. The average molecular weight is 464 g/mol. The number of aliphatic hydroxyl groups is 1. The molecule has 3 rings (SSSR count). The molecule has 2 aromatic heterocycles. The quantitative estimate of drug-likeness (QED) is 0.440. The van der Waals surface area contributed by atoms with Crippen molar-refractivity contribution in [2.24, 2.45) is 0 Å². The van der Waals surface area contributed by atoms with Crippen LogP contribution in [0.1, 0.15) is 35.5 Å². The molecule has 0 radical (unpaired) electrons. The van der Waals surface area contributed by atoms with E-state index in [1.807, 2.05) is 5.32 Å². The number of nitrogens with two attached hydrogens (primary N) is 1. The standard InChI is InChI=1S/C21H23F3N6O3/c1-4-26-19(32)15-9-30-16(8-27-18(30)17(25)29-15)14-7-13(6-5-11(14)2)20(33,21(22,23)24)10-28-12(3)31/h5-9,33H,4,10H2,1-3H3,(H2,25,29)(H,26,32)(H,28,31). The van der Waals surface area contributed by atoms with Gasteiger partial charge in [-0.15, -0.1) is 0 Å². The fourth-order valence-electron chi connectivity index (χ4n) is 3.35. The van der Waals surface area contributed by atoms with Crippen LogP contribution in [0.2, 0.25) is 0 Å². The third-order valence-corrected chi connectivity index (χ3v) is 5.14. The van der Waals surface area contributed by atoms with Crippen LogP contribution < -0.4 is 16.4 Å². The summed E-state index contributed by atoms with van der Waals surface area (Å²) < 4.78 is 43.0. The Bertz CT molecular complexity index is 1220. The molecule has 33 heavy (non-hydrogen) atoms. The molecule has 1 atom stereocenters. The number of hydrogen-bond donors (Lipinski definition) is 4. The number of rotatable bonds is 6. The van der Waals surface area contributed by atoms with E-state index in [-0.39, 0.29) is 17.2 Å². The van der Waals surface area contributed by atoms with Crippen molar-refractivity contribution >= 4 is 23.3 Å². The number of benzene rings is 1. The smallest absolute Gasteiger partial charge is 0.381 e. The number of carbonyl (C=O) groups excluding carboxylic acids is 2. The SMILES string of the molecule is CCNC(=O)c1cn2c(-c3cc(C(O)(CNC(C)=O)C(F)(F)F)ccc3C)cnc2c(N)n1. The molecule has 176 valence electrons. The van der Waals surface area contributed by atoms with E-state index in [0.29, 0.717) is 23.4 Å². The number of alkyl halides is 3. The lowest BCUT2D eigenvalue weighted by atomic mass is 9.89. The molecule has 12 heteroatoms. The number of hydrogen-bond acceptors (Lipinski definition) is 6. The van der Waals surface area contributed by atoms with Crippen LogP contribution in [0.3, 0.4) is 0 Å². The number of anilines is 1. The minimum absolute atomic E-state index is 0.00682. The molecule has 1 unspecified atom stereocenters. The highest BCUT2D eigenvalue weighted by molar-refractivity contribution is 5.93. The number of halogens is 3. The molecule has 0 fully saturated rings. The number of nitrogen functional groups attached to an aromatic ring is 1. The molecule has 3 aromatic rings. The summed E-state index contributed by atoms with van der Waals surface area (Å²) in [5, 5.41) is 15.2. The summed E-state index contributed by atoms with van der Waals surface area (Å²) in [5.41, 5.74) is 3.61. The normalized spacial score (nSPS) is 13.5. The van der Waals surface area contributed by atoms with Crippen LogP contribution in [0.25, 0.3) is 16.9 Å². The van der Waals surface area contributed by atoms with E-state index in [9.17, 15) is 27.9 Å². The predicted molar refractivity (Wildman–Crippen MR) is 114 cm³/mol. The highest BCUT2D eigenvalue weighted by Gasteiger charge is 2.55. The first-order chi connectivity index (χ1) is 15.4. The van der Waals surface area contributed by atoms with Crippen LogP contribution in [0.15, 0.2) is 30.6 Å². The molecule has 0 aliphatic rings. The minimum Gasteiger partial charge on any atom is -0.381 e. The third-order valence-electron chi connectivity index (χ3n) is 5.14. The van der Waals surface area contributed by atoms with E-state index in [1.54, 1.807) is 13.8 Å². The molecule has 0 saturated carbocycles. The van der Waals surface area contributed by atoms with Gasteiger partial charge in [-0.2, -0.15) is 13.2 Å². The van der Waals surface area contributed by atoms with E-state index >= 15 is 0 Å². The lowest BCUT2D eigenvalue weighted by Crippen LogP contribution is -2.50. The Balaban J connectivity index is 2.19. The second-order valence-electron chi connectivity index (χ2n) is 7.51. The summed E-state index contributed by atoms with van der Waals surface area (Å²) in [6, 6.07) is 3.74.